The van der Waals surface area contributed by atoms with Gasteiger partial charge in [0, 0.05) is 12.1 Å². The molecule has 1 heterocycles. The van der Waals surface area contributed by atoms with Crippen molar-refractivity contribution in [2.45, 2.75) is 0 Å². The summed E-state index contributed by atoms with van der Waals surface area (Å²) in [6.07, 6.45) is 0. The van der Waals surface area contributed by atoms with Crippen molar-refractivity contribution in [3.63, 3.8) is 0 Å². The van der Waals surface area contributed by atoms with Crippen molar-refractivity contribution in [3.05, 3.63) is 33.6 Å². The lowest BCUT2D eigenvalue weighted by Gasteiger charge is -1.92. The lowest BCUT2D eigenvalue weighted by molar-refractivity contribution is 0.783. The Kier molecular flexibility index (Phi) is 1.48. The van der Waals surface area contributed by atoms with Gasteiger partial charge in [0.05, 0.1) is 10.9 Å². The second-order valence-electron chi connectivity index (χ2n) is 2.66. The summed E-state index contributed by atoms with van der Waals surface area (Å²) in [4.78, 5) is 11.2. The number of aryl methyl sites for hydroxylation is 1. The summed E-state index contributed by atoms with van der Waals surface area (Å²) in [5.41, 5.74) is 0.763. The first-order valence-corrected chi connectivity index (χ1v) is 3.90. The Bertz CT molecular complexity index is 483. The minimum Gasteiger partial charge on any atom is -0.288 e. The molecule has 0 radical (unpaired) electrons. The quantitative estimate of drug-likeness (QED) is 0.659. The first kappa shape index (κ1) is 7.43. The molecule has 0 amide bonds. The van der Waals surface area contributed by atoms with Crippen LogP contribution < -0.4 is 5.56 Å². The van der Waals surface area contributed by atoms with Crippen LogP contribution in [0.2, 0.25) is 5.02 Å². The molecule has 0 spiro atoms. The standard InChI is InChI=1S/C8H7ClN2O/c1-11-7-3-2-5(9)4-6(7)8(12)10-11/h2-4H,1H3,(H,10,12). The molecule has 0 aliphatic rings. The topological polar surface area (TPSA) is 37.8 Å². The highest BCUT2D eigenvalue weighted by molar-refractivity contribution is 6.31. The normalized spacial score (nSPS) is 10.8. The Balaban J connectivity index is 3.00. The molecule has 12 heavy (non-hydrogen) atoms. The molecule has 0 atom stereocenters. The van der Waals surface area contributed by atoms with Crippen molar-refractivity contribution in [1.29, 1.82) is 0 Å². The number of rotatable bonds is 0. The van der Waals surface area contributed by atoms with E-state index in [4.69, 9.17) is 11.6 Å². The molecule has 0 saturated heterocycles. The Morgan fingerprint density at radius 3 is 3.00 bits per heavy atom. The smallest absolute Gasteiger partial charge is 0.272 e. The fourth-order valence-electron chi connectivity index (χ4n) is 1.26. The Morgan fingerprint density at radius 1 is 1.50 bits per heavy atom. The summed E-state index contributed by atoms with van der Waals surface area (Å²) >= 11 is 5.74. The molecule has 0 aliphatic carbocycles. The third kappa shape index (κ3) is 0.940. The first-order chi connectivity index (χ1) is 5.68. The molecule has 1 aromatic heterocycles. The molecule has 2 rings (SSSR count). The van der Waals surface area contributed by atoms with Gasteiger partial charge in [-0.3, -0.25) is 14.6 Å². The van der Waals surface area contributed by atoms with Crippen LogP contribution in [-0.2, 0) is 7.05 Å². The van der Waals surface area contributed by atoms with E-state index in [0.29, 0.717) is 10.4 Å². The van der Waals surface area contributed by atoms with Gasteiger partial charge in [0.15, 0.2) is 0 Å². The summed E-state index contributed by atoms with van der Waals surface area (Å²) in [6.45, 7) is 0. The number of aromatic nitrogens is 2. The van der Waals surface area contributed by atoms with Gasteiger partial charge in [-0.15, -0.1) is 0 Å². The second-order valence-corrected chi connectivity index (χ2v) is 3.10. The number of fused-ring (bicyclic) bond motifs is 1. The van der Waals surface area contributed by atoms with Crippen LogP contribution in [-0.4, -0.2) is 9.78 Å². The first-order valence-electron chi connectivity index (χ1n) is 3.53. The highest BCUT2D eigenvalue weighted by atomic mass is 35.5. The van der Waals surface area contributed by atoms with Gasteiger partial charge in [-0.05, 0) is 18.2 Å². The van der Waals surface area contributed by atoms with Gasteiger partial charge in [-0.1, -0.05) is 11.6 Å². The summed E-state index contributed by atoms with van der Waals surface area (Å²) < 4.78 is 1.67. The van der Waals surface area contributed by atoms with Gasteiger partial charge >= 0.3 is 0 Å². The maximum Gasteiger partial charge on any atom is 0.272 e. The predicted molar refractivity (Wildman–Crippen MR) is 48.5 cm³/mol. The number of halogens is 1. The second kappa shape index (κ2) is 2.38. The van der Waals surface area contributed by atoms with Crippen molar-refractivity contribution < 1.29 is 0 Å². The number of H-pyrrole nitrogens is 1. The minimum absolute atomic E-state index is 0.102. The van der Waals surface area contributed by atoms with Crippen molar-refractivity contribution in [1.82, 2.24) is 9.78 Å². The molecule has 62 valence electrons. The largest absolute Gasteiger partial charge is 0.288 e. The third-order valence-electron chi connectivity index (χ3n) is 1.83. The molecule has 0 unspecified atom stereocenters. The Labute approximate surface area is 73.6 Å². The molecule has 4 heteroatoms. The van der Waals surface area contributed by atoms with Gasteiger partial charge in [0.2, 0.25) is 0 Å². The van der Waals surface area contributed by atoms with Gasteiger partial charge in [0.25, 0.3) is 5.56 Å². The summed E-state index contributed by atoms with van der Waals surface area (Å²) in [5, 5.41) is 3.86. The number of nitrogens with zero attached hydrogens (tertiary/aromatic N) is 1. The van der Waals surface area contributed by atoms with E-state index in [9.17, 15) is 4.79 Å². The van der Waals surface area contributed by atoms with Crippen LogP contribution in [0.1, 0.15) is 0 Å². The SMILES string of the molecule is Cn1[nH]c(=O)c2cc(Cl)ccc21. The maximum absolute atomic E-state index is 11.2. The van der Waals surface area contributed by atoms with E-state index in [1.807, 2.05) is 6.07 Å². The van der Waals surface area contributed by atoms with Gasteiger partial charge < -0.3 is 0 Å². The van der Waals surface area contributed by atoms with E-state index in [-0.39, 0.29) is 5.56 Å². The molecular weight excluding hydrogens is 176 g/mol. The van der Waals surface area contributed by atoms with E-state index in [0.717, 1.165) is 5.52 Å². The molecule has 1 aromatic carbocycles. The molecule has 0 saturated carbocycles. The predicted octanol–water partition coefficient (Wildman–Crippen LogP) is 1.52. The molecule has 0 fully saturated rings. The zero-order chi connectivity index (χ0) is 8.72. The van der Waals surface area contributed by atoms with Crippen LogP contribution in [0.3, 0.4) is 0 Å². The molecule has 3 nitrogen and oxygen atoms in total. The van der Waals surface area contributed by atoms with Crippen molar-refractivity contribution in [2.24, 2.45) is 7.05 Å². The Hall–Kier alpha value is -1.22. The van der Waals surface area contributed by atoms with Crippen molar-refractivity contribution in [2.75, 3.05) is 0 Å². The van der Waals surface area contributed by atoms with Crippen molar-refractivity contribution >= 4 is 22.5 Å². The van der Waals surface area contributed by atoms with E-state index >= 15 is 0 Å². The highest BCUT2D eigenvalue weighted by Crippen LogP contribution is 2.14. The zero-order valence-electron chi connectivity index (χ0n) is 6.47. The highest BCUT2D eigenvalue weighted by Gasteiger charge is 2.02. The van der Waals surface area contributed by atoms with Crippen molar-refractivity contribution in [3.8, 4) is 0 Å². The number of aromatic amines is 1. The molecule has 2 aromatic rings. The summed E-state index contributed by atoms with van der Waals surface area (Å²) in [5.74, 6) is 0. The number of benzene rings is 1. The van der Waals surface area contributed by atoms with Crippen LogP contribution >= 0.6 is 11.6 Å². The zero-order valence-corrected chi connectivity index (χ0v) is 7.22. The molecule has 0 aliphatic heterocycles. The van der Waals surface area contributed by atoms with Gasteiger partial charge in [-0.25, -0.2) is 0 Å². The number of hydrogen-bond donors (Lipinski definition) is 1. The number of nitrogens with one attached hydrogen (secondary N) is 1. The van der Waals surface area contributed by atoms with E-state index in [1.54, 1.807) is 23.9 Å². The van der Waals surface area contributed by atoms with E-state index in [1.165, 1.54) is 0 Å². The van der Waals surface area contributed by atoms with Crippen LogP contribution in [0.5, 0.6) is 0 Å². The fraction of sp³-hybridized carbons (Fsp3) is 0.125. The van der Waals surface area contributed by atoms with Crippen LogP contribution in [0.15, 0.2) is 23.0 Å². The van der Waals surface area contributed by atoms with Gasteiger partial charge in [-0.2, -0.15) is 0 Å². The average Bonchev–Trinajstić information content (AvgIpc) is 2.28. The summed E-state index contributed by atoms with van der Waals surface area (Å²) in [6, 6.07) is 5.24. The lowest BCUT2D eigenvalue weighted by Crippen LogP contribution is -2.01. The molecule has 0 bridgehead atoms. The third-order valence-corrected chi connectivity index (χ3v) is 2.07. The van der Waals surface area contributed by atoms with Crippen LogP contribution in [0.25, 0.3) is 10.9 Å². The molecule has 1 N–H and O–H groups in total. The lowest BCUT2D eigenvalue weighted by atomic mass is 10.2. The number of hydrogen-bond acceptors (Lipinski definition) is 1. The summed E-state index contributed by atoms with van der Waals surface area (Å²) in [7, 11) is 1.79. The van der Waals surface area contributed by atoms with E-state index < -0.39 is 0 Å². The Morgan fingerprint density at radius 2 is 2.25 bits per heavy atom. The van der Waals surface area contributed by atoms with Crippen LogP contribution in [0, 0.1) is 0 Å². The molecular formula is C8H7ClN2O. The fourth-order valence-corrected chi connectivity index (χ4v) is 1.43. The maximum atomic E-state index is 11.2. The monoisotopic (exact) mass is 182 g/mol. The van der Waals surface area contributed by atoms with Crippen LogP contribution in [0.4, 0.5) is 0 Å². The average molecular weight is 183 g/mol. The minimum atomic E-state index is -0.102. The van der Waals surface area contributed by atoms with Gasteiger partial charge in [0.1, 0.15) is 0 Å². The van der Waals surface area contributed by atoms with E-state index in [2.05, 4.69) is 5.10 Å².